The molecule has 204 valence electrons. The number of fused-ring (bicyclic) bond motifs is 6. The van der Waals surface area contributed by atoms with E-state index in [9.17, 15) is 9.59 Å². The van der Waals surface area contributed by atoms with E-state index in [0.29, 0.717) is 17.1 Å². The Labute approximate surface area is 229 Å². The molecule has 0 aromatic heterocycles. The number of carbonyl (C=O) groups is 2. The zero-order valence-corrected chi connectivity index (χ0v) is 23.6. The molecule has 0 unspecified atom stereocenters. The molecule has 3 N–H and O–H groups in total. The molecule has 0 fully saturated rings. The van der Waals surface area contributed by atoms with E-state index in [1.165, 1.54) is 5.01 Å². The first-order valence-corrected chi connectivity index (χ1v) is 13.4. The number of rotatable bonds is 5. The first kappa shape index (κ1) is 26.4. The summed E-state index contributed by atoms with van der Waals surface area (Å²) in [7, 11) is 0. The topological polar surface area (TPSA) is 91.9 Å². The van der Waals surface area contributed by atoms with Crippen LogP contribution in [0.5, 0.6) is 11.5 Å². The molecule has 0 aliphatic carbocycles. The highest BCUT2D eigenvalue weighted by Gasteiger charge is 2.58. The van der Waals surface area contributed by atoms with E-state index < -0.39 is 17.2 Å². The number of nitrogens with one attached hydrogen (secondary N) is 3. The smallest absolute Gasteiger partial charge is 0.426 e. The fourth-order valence-electron chi connectivity index (χ4n) is 5.57. The van der Waals surface area contributed by atoms with Crippen molar-refractivity contribution in [3.63, 3.8) is 0 Å². The standard InChI is InChI=1S/C31H36N4O4/c1-8-32-24-16-26-22(14-18(24)3)31(23-15-19(4)25(33-9-2)17-27(23)38-26)21-13-11-10-12-20(21)28(36)35(31)34-29(37)39-30(5,6)7/h10-17,32-33H,8-9H2,1-7H3,(H,34,37). The molecule has 3 aromatic carbocycles. The van der Waals surface area contributed by atoms with Gasteiger partial charge in [-0.3, -0.25) is 4.79 Å². The molecule has 2 amide bonds. The monoisotopic (exact) mass is 528 g/mol. The highest BCUT2D eigenvalue weighted by molar-refractivity contribution is 6.03. The minimum absolute atomic E-state index is 0.322. The van der Waals surface area contributed by atoms with Gasteiger partial charge in [0.2, 0.25) is 0 Å². The predicted octanol–water partition coefficient (Wildman–Crippen LogP) is 6.46. The lowest BCUT2D eigenvalue weighted by atomic mass is 9.74. The maximum Gasteiger partial charge on any atom is 0.426 e. The van der Waals surface area contributed by atoms with E-state index in [4.69, 9.17) is 9.47 Å². The van der Waals surface area contributed by atoms with Gasteiger partial charge in [-0.1, -0.05) is 18.2 Å². The molecule has 8 nitrogen and oxygen atoms in total. The summed E-state index contributed by atoms with van der Waals surface area (Å²) in [5.74, 6) is 0.892. The Hall–Kier alpha value is -4.20. The van der Waals surface area contributed by atoms with Crippen molar-refractivity contribution >= 4 is 23.4 Å². The molecule has 3 aromatic rings. The second-order valence-corrected chi connectivity index (χ2v) is 11.0. The molecule has 1 spiro atoms. The average molecular weight is 529 g/mol. The van der Waals surface area contributed by atoms with Crippen LogP contribution >= 0.6 is 0 Å². The fraction of sp³-hybridized carbons (Fsp3) is 0.355. The van der Waals surface area contributed by atoms with Gasteiger partial charge in [-0.15, -0.1) is 0 Å². The van der Waals surface area contributed by atoms with Crippen molar-refractivity contribution in [2.24, 2.45) is 0 Å². The number of hydrogen-bond donors (Lipinski definition) is 3. The molecule has 0 atom stereocenters. The average Bonchev–Trinajstić information content (AvgIpc) is 3.10. The van der Waals surface area contributed by atoms with Gasteiger partial charge < -0.3 is 20.1 Å². The first-order chi connectivity index (χ1) is 18.5. The summed E-state index contributed by atoms with van der Waals surface area (Å²) >= 11 is 0. The van der Waals surface area contributed by atoms with Crippen LogP contribution < -0.4 is 20.8 Å². The normalized spacial score (nSPS) is 14.7. The van der Waals surface area contributed by atoms with Crippen molar-refractivity contribution in [2.45, 2.75) is 59.6 Å². The van der Waals surface area contributed by atoms with Gasteiger partial charge in [-0.05, 0) is 77.8 Å². The van der Waals surface area contributed by atoms with Crippen LogP contribution in [0.1, 0.15) is 72.8 Å². The van der Waals surface area contributed by atoms with Gasteiger partial charge >= 0.3 is 6.09 Å². The number of hydrogen-bond acceptors (Lipinski definition) is 6. The molecule has 5 rings (SSSR count). The Morgan fingerprint density at radius 1 is 0.897 bits per heavy atom. The Kier molecular flexibility index (Phi) is 6.45. The molecule has 2 heterocycles. The van der Waals surface area contributed by atoms with Gasteiger partial charge in [0.05, 0.1) is 0 Å². The summed E-state index contributed by atoms with van der Waals surface area (Å²) in [5.41, 5.74) is 7.59. The molecule has 2 aliphatic rings. The van der Waals surface area contributed by atoms with Crippen LogP contribution in [0.3, 0.4) is 0 Å². The van der Waals surface area contributed by atoms with Gasteiger partial charge in [0.15, 0.2) is 0 Å². The van der Waals surface area contributed by atoms with Crippen molar-refractivity contribution in [3.05, 3.63) is 81.9 Å². The Morgan fingerprint density at radius 3 is 1.95 bits per heavy atom. The van der Waals surface area contributed by atoms with E-state index in [1.807, 2.05) is 70.2 Å². The predicted molar refractivity (Wildman–Crippen MR) is 153 cm³/mol. The Balaban J connectivity index is 1.84. The molecule has 39 heavy (non-hydrogen) atoms. The van der Waals surface area contributed by atoms with E-state index >= 15 is 0 Å². The largest absolute Gasteiger partial charge is 0.456 e. The number of ether oxygens (including phenoxy) is 2. The SMILES string of the molecule is CCNc1cc2c(cc1C)C1(c3cc(C)c(NCC)cc3O2)c2ccccc2C(=O)N1NC(=O)OC(C)(C)C. The maximum atomic E-state index is 14.1. The van der Waals surface area contributed by atoms with Crippen LogP contribution in [0, 0.1) is 13.8 Å². The molecular weight excluding hydrogens is 492 g/mol. The zero-order valence-electron chi connectivity index (χ0n) is 23.6. The highest BCUT2D eigenvalue weighted by Crippen LogP contribution is 2.58. The van der Waals surface area contributed by atoms with E-state index in [2.05, 4.69) is 16.1 Å². The minimum atomic E-state index is -1.18. The van der Waals surface area contributed by atoms with Crippen LogP contribution in [0.15, 0.2) is 48.5 Å². The van der Waals surface area contributed by atoms with Crippen molar-refractivity contribution in [1.82, 2.24) is 10.4 Å². The summed E-state index contributed by atoms with van der Waals surface area (Å²) in [5, 5.41) is 8.23. The highest BCUT2D eigenvalue weighted by atomic mass is 16.6. The van der Waals surface area contributed by atoms with Gasteiger partial charge in [-0.25, -0.2) is 15.2 Å². The summed E-state index contributed by atoms with van der Waals surface area (Å²) in [6, 6.07) is 15.5. The lowest BCUT2D eigenvalue weighted by Crippen LogP contribution is -2.56. The van der Waals surface area contributed by atoms with Crippen LogP contribution in [-0.4, -0.2) is 35.7 Å². The molecule has 0 bridgehead atoms. The lowest BCUT2D eigenvalue weighted by molar-refractivity contribution is 0.0181. The third-order valence-corrected chi connectivity index (χ3v) is 7.07. The van der Waals surface area contributed by atoms with Crippen molar-refractivity contribution in [2.75, 3.05) is 23.7 Å². The van der Waals surface area contributed by atoms with Gasteiger partial charge in [0.1, 0.15) is 22.6 Å². The Bertz CT molecular complexity index is 1410. The molecule has 0 radical (unpaired) electrons. The van der Waals surface area contributed by atoms with E-state index in [1.54, 1.807) is 26.8 Å². The first-order valence-electron chi connectivity index (χ1n) is 13.4. The van der Waals surface area contributed by atoms with Crippen LogP contribution in [0.4, 0.5) is 16.2 Å². The molecule has 2 aliphatic heterocycles. The van der Waals surface area contributed by atoms with Crippen molar-refractivity contribution in [1.29, 1.82) is 0 Å². The molecule has 8 heteroatoms. The molecular formula is C31H36N4O4. The van der Waals surface area contributed by atoms with Crippen molar-refractivity contribution < 1.29 is 19.1 Å². The number of carbonyl (C=O) groups excluding carboxylic acids is 2. The third-order valence-electron chi connectivity index (χ3n) is 7.07. The maximum absolute atomic E-state index is 14.1. The van der Waals surface area contributed by atoms with Gasteiger partial charge in [0.25, 0.3) is 5.91 Å². The molecule has 0 saturated heterocycles. The number of anilines is 2. The summed E-state index contributed by atoms with van der Waals surface area (Å²) in [6.45, 7) is 15.0. The van der Waals surface area contributed by atoms with Gasteiger partial charge in [-0.2, -0.15) is 0 Å². The van der Waals surface area contributed by atoms with E-state index in [-0.39, 0.29) is 5.91 Å². The Morgan fingerprint density at radius 2 is 1.44 bits per heavy atom. The molecule has 0 saturated carbocycles. The fourth-order valence-corrected chi connectivity index (χ4v) is 5.57. The number of benzene rings is 3. The van der Waals surface area contributed by atoms with Crippen molar-refractivity contribution in [3.8, 4) is 11.5 Å². The van der Waals surface area contributed by atoms with E-state index in [0.717, 1.165) is 52.3 Å². The quantitative estimate of drug-likeness (QED) is 0.352. The summed E-state index contributed by atoms with van der Waals surface area (Å²) in [6.07, 6.45) is -0.709. The lowest BCUT2D eigenvalue weighted by Gasteiger charge is -2.44. The minimum Gasteiger partial charge on any atom is -0.456 e. The van der Waals surface area contributed by atoms with Crippen LogP contribution in [0.25, 0.3) is 0 Å². The second-order valence-electron chi connectivity index (χ2n) is 11.0. The van der Waals surface area contributed by atoms with Crippen LogP contribution in [-0.2, 0) is 10.3 Å². The summed E-state index contributed by atoms with van der Waals surface area (Å²) in [4.78, 5) is 27.3. The zero-order chi connectivity index (χ0) is 28.1. The number of hydrazine groups is 1. The number of amides is 2. The van der Waals surface area contributed by atoms with Crippen LogP contribution in [0.2, 0.25) is 0 Å². The number of nitrogens with zero attached hydrogens (tertiary/aromatic N) is 1. The number of aryl methyl sites for hydroxylation is 2. The second kappa shape index (κ2) is 9.52. The summed E-state index contributed by atoms with van der Waals surface area (Å²) < 4.78 is 12.2. The van der Waals surface area contributed by atoms with Gasteiger partial charge in [0, 0.05) is 58.9 Å². The third kappa shape index (κ3) is 4.24.